The maximum atomic E-state index is 6.23. The fraction of sp³-hybridized carbons (Fsp3) is 0.714. The molecule has 1 spiro atoms. The molecular formula is C21H31NO3. The van der Waals surface area contributed by atoms with E-state index in [1.54, 1.807) is 7.11 Å². The number of methoxy groups -OCH3 is 1. The molecule has 3 aliphatic heterocycles. The zero-order valence-corrected chi connectivity index (χ0v) is 15.4. The number of ether oxygens (including phenoxy) is 3. The number of nitrogens with zero attached hydrogens (tertiary/aromatic N) is 1. The van der Waals surface area contributed by atoms with Crippen molar-refractivity contribution in [1.29, 1.82) is 0 Å². The molecule has 1 unspecified atom stereocenters. The summed E-state index contributed by atoms with van der Waals surface area (Å²) in [6, 6.07) is 9.16. The molecule has 4 nitrogen and oxygen atoms in total. The summed E-state index contributed by atoms with van der Waals surface area (Å²) in [6.07, 6.45) is 7.58. The predicted octanol–water partition coefficient (Wildman–Crippen LogP) is 3.29. The van der Waals surface area contributed by atoms with Crippen molar-refractivity contribution in [3.63, 3.8) is 0 Å². The van der Waals surface area contributed by atoms with Gasteiger partial charge >= 0.3 is 0 Å². The Kier molecular flexibility index (Phi) is 5.30. The van der Waals surface area contributed by atoms with Crippen LogP contribution in [0.25, 0.3) is 0 Å². The van der Waals surface area contributed by atoms with E-state index in [0.717, 1.165) is 38.0 Å². The first kappa shape index (κ1) is 17.3. The molecule has 1 atom stereocenters. The predicted molar refractivity (Wildman–Crippen MR) is 98.1 cm³/mol. The van der Waals surface area contributed by atoms with E-state index in [-0.39, 0.29) is 0 Å². The number of rotatable bonds is 4. The molecule has 0 bridgehead atoms. The lowest BCUT2D eigenvalue weighted by Crippen LogP contribution is -2.47. The highest BCUT2D eigenvalue weighted by atomic mass is 16.5. The lowest BCUT2D eigenvalue weighted by molar-refractivity contribution is 0.00223. The molecule has 3 fully saturated rings. The zero-order chi connectivity index (χ0) is 17.1. The molecule has 3 aliphatic rings. The van der Waals surface area contributed by atoms with Gasteiger partial charge in [-0.05, 0) is 74.7 Å². The van der Waals surface area contributed by atoms with Crippen molar-refractivity contribution in [1.82, 2.24) is 4.90 Å². The van der Waals surface area contributed by atoms with Gasteiger partial charge in [0.15, 0.2) is 0 Å². The number of benzene rings is 1. The van der Waals surface area contributed by atoms with E-state index in [2.05, 4.69) is 23.1 Å². The SMILES string of the molecule is COc1cccc(CC2CC3(CCN(C4CCOCC4)CC3)CO2)c1. The molecule has 25 heavy (non-hydrogen) atoms. The number of hydrogen-bond donors (Lipinski definition) is 0. The molecule has 3 saturated heterocycles. The van der Waals surface area contributed by atoms with E-state index in [1.165, 1.54) is 50.8 Å². The maximum absolute atomic E-state index is 6.23. The zero-order valence-electron chi connectivity index (χ0n) is 15.4. The third kappa shape index (κ3) is 4.02. The van der Waals surface area contributed by atoms with Gasteiger partial charge in [0.2, 0.25) is 0 Å². The van der Waals surface area contributed by atoms with Crippen LogP contribution in [-0.2, 0) is 15.9 Å². The second-order valence-electron chi connectivity index (χ2n) is 8.07. The number of piperidine rings is 1. The standard InChI is InChI=1S/C21H31NO3/c1-23-19-4-2-3-17(13-19)14-20-15-21(16-25-20)7-9-22(10-8-21)18-5-11-24-12-6-18/h2-4,13,18,20H,5-12,14-16H2,1H3. The summed E-state index contributed by atoms with van der Waals surface area (Å²) >= 11 is 0. The first-order valence-electron chi connectivity index (χ1n) is 9.83. The molecule has 1 aromatic rings. The molecule has 0 saturated carbocycles. The average Bonchev–Trinajstić information content (AvgIpc) is 3.05. The maximum Gasteiger partial charge on any atom is 0.119 e. The van der Waals surface area contributed by atoms with E-state index in [1.807, 2.05) is 6.07 Å². The monoisotopic (exact) mass is 345 g/mol. The Morgan fingerprint density at radius 3 is 2.76 bits per heavy atom. The molecule has 0 aliphatic carbocycles. The van der Waals surface area contributed by atoms with Crippen molar-refractivity contribution >= 4 is 0 Å². The van der Waals surface area contributed by atoms with E-state index in [0.29, 0.717) is 11.5 Å². The molecule has 0 radical (unpaired) electrons. The topological polar surface area (TPSA) is 30.9 Å². The Bertz CT molecular complexity index is 562. The molecule has 0 N–H and O–H groups in total. The van der Waals surface area contributed by atoms with Crippen LogP contribution in [0.2, 0.25) is 0 Å². The Morgan fingerprint density at radius 1 is 1.20 bits per heavy atom. The summed E-state index contributed by atoms with van der Waals surface area (Å²) < 4.78 is 17.1. The summed E-state index contributed by atoms with van der Waals surface area (Å²) in [5.41, 5.74) is 1.74. The molecule has 4 rings (SSSR count). The van der Waals surface area contributed by atoms with Crippen LogP contribution < -0.4 is 4.74 Å². The molecule has 0 aromatic heterocycles. The van der Waals surface area contributed by atoms with Gasteiger partial charge in [0, 0.05) is 19.3 Å². The van der Waals surface area contributed by atoms with Gasteiger partial charge < -0.3 is 19.1 Å². The van der Waals surface area contributed by atoms with Crippen molar-refractivity contribution in [2.24, 2.45) is 5.41 Å². The fourth-order valence-corrected chi connectivity index (χ4v) is 4.85. The van der Waals surface area contributed by atoms with Gasteiger partial charge in [0.05, 0.1) is 19.8 Å². The summed E-state index contributed by atoms with van der Waals surface area (Å²) in [7, 11) is 1.73. The van der Waals surface area contributed by atoms with E-state index in [9.17, 15) is 0 Å². The Morgan fingerprint density at radius 2 is 2.00 bits per heavy atom. The molecule has 138 valence electrons. The molecule has 1 aromatic carbocycles. The van der Waals surface area contributed by atoms with Crippen LogP contribution in [0.15, 0.2) is 24.3 Å². The van der Waals surface area contributed by atoms with Crippen molar-refractivity contribution in [2.75, 3.05) is 40.0 Å². The Labute approximate surface area is 151 Å². The summed E-state index contributed by atoms with van der Waals surface area (Å²) in [6.45, 7) is 5.30. The summed E-state index contributed by atoms with van der Waals surface area (Å²) in [5.74, 6) is 0.940. The van der Waals surface area contributed by atoms with Gasteiger partial charge in [-0.2, -0.15) is 0 Å². The van der Waals surface area contributed by atoms with Crippen LogP contribution in [0.4, 0.5) is 0 Å². The lowest BCUT2D eigenvalue weighted by atomic mass is 9.75. The van der Waals surface area contributed by atoms with Crippen LogP contribution in [0.3, 0.4) is 0 Å². The van der Waals surface area contributed by atoms with Crippen LogP contribution in [-0.4, -0.2) is 57.1 Å². The Hall–Kier alpha value is -1.10. The van der Waals surface area contributed by atoms with Crippen LogP contribution in [0.5, 0.6) is 5.75 Å². The lowest BCUT2D eigenvalue weighted by Gasteiger charge is -2.43. The average molecular weight is 345 g/mol. The van der Waals surface area contributed by atoms with E-state index < -0.39 is 0 Å². The van der Waals surface area contributed by atoms with Crippen molar-refractivity contribution in [3.05, 3.63) is 29.8 Å². The van der Waals surface area contributed by atoms with Gasteiger partial charge in [-0.1, -0.05) is 12.1 Å². The molecular weight excluding hydrogens is 314 g/mol. The van der Waals surface area contributed by atoms with Gasteiger partial charge in [0.1, 0.15) is 5.75 Å². The first-order valence-corrected chi connectivity index (χ1v) is 9.83. The minimum atomic E-state index is 0.363. The van der Waals surface area contributed by atoms with Crippen molar-refractivity contribution in [3.8, 4) is 5.75 Å². The quantitative estimate of drug-likeness (QED) is 0.838. The highest BCUT2D eigenvalue weighted by molar-refractivity contribution is 5.29. The number of hydrogen-bond acceptors (Lipinski definition) is 4. The second kappa shape index (κ2) is 7.65. The second-order valence-corrected chi connectivity index (χ2v) is 8.07. The minimum absolute atomic E-state index is 0.363. The van der Waals surface area contributed by atoms with Crippen molar-refractivity contribution in [2.45, 2.75) is 50.7 Å². The van der Waals surface area contributed by atoms with Gasteiger partial charge in [-0.25, -0.2) is 0 Å². The van der Waals surface area contributed by atoms with E-state index >= 15 is 0 Å². The molecule has 4 heteroatoms. The molecule has 3 heterocycles. The molecule has 0 amide bonds. The van der Waals surface area contributed by atoms with Gasteiger partial charge in [-0.3, -0.25) is 0 Å². The number of likely N-dealkylation sites (tertiary alicyclic amines) is 1. The van der Waals surface area contributed by atoms with Crippen LogP contribution in [0.1, 0.15) is 37.7 Å². The minimum Gasteiger partial charge on any atom is -0.497 e. The van der Waals surface area contributed by atoms with Gasteiger partial charge in [0.25, 0.3) is 0 Å². The van der Waals surface area contributed by atoms with Crippen molar-refractivity contribution < 1.29 is 14.2 Å². The third-order valence-corrected chi connectivity index (χ3v) is 6.45. The summed E-state index contributed by atoms with van der Waals surface area (Å²) in [5, 5.41) is 0. The van der Waals surface area contributed by atoms with Crippen LogP contribution >= 0.6 is 0 Å². The largest absolute Gasteiger partial charge is 0.497 e. The first-order chi connectivity index (χ1) is 12.3. The summed E-state index contributed by atoms with van der Waals surface area (Å²) in [4.78, 5) is 2.71. The fourth-order valence-electron chi connectivity index (χ4n) is 4.85. The van der Waals surface area contributed by atoms with E-state index in [4.69, 9.17) is 14.2 Å². The normalized spacial score (nSPS) is 27.6. The van der Waals surface area contributed by atoms with Gasteiger partial charge in [-0.15, -0.1) is 0 Å². The van der Waals surface area contributed by atoms with Crippen LogP contribution in [0, 0.1) is 5.41 Å². The highest BCUT2D eigenvalue weighted by Gasteiger charge is 2.43. The smallest absolute Gasteiger partial charge is 0.119 e. The third-order valence-electron chi connectivity index (χ3n) is 6.45. The Balaban J connectivity index is 1.30. The highest BCUT2D eigenvalue weighted by Crippen LogP contribution is 2.43.